The molecule has 15 heavy (non-hydrogen) atoms. The van der Waals surface area contributed by atoms with E-state index in [9.17, 15) is 4.79 Å². The van der Waals surface area contributed by atoms with Crippen molar-refractivity contribution in [2.45, 2.75) is 51.0 Å². The van der Waals surface area contributed by atoms with E-state index in [0.29, 0.717) is 18.6 Å². The molecular formula is C12H21NO2. The third kappa shape index (κ3) is 3.20. The zero-order valence-electron chi connectivity index (χ0n) is 9.24. The van der Waals surface area contributed by atoms with Gasteiger partial charge in [-0.15, -0.1) is 0 Å². The van der Waals surface area contributed by atoms with Gasteiger partial charge in [-0.25, -0.2) is 0 Å². The standard InChI is InChI=1S/C12H21NO2/c14-8-7-9-1-3-10(4-2-9)12(15)13-11-5-6-11/h9-11,14H,1-8H2,(H,13,15). The van der Waals surface area contributed by atoms with Gasteiger partial charge in [-0.05, 0) is 50.9 Å². The Bertz CT molecular complexity index is 218. The third-order valence-corrected chi connectivity index (χ3v) is 3.68. The van der Waals surface area contributed by atoms with Gasteiger partial charge in [0.15, 0.2) is 0 Å². The molecule has 0 radical (unpaired) electrons. The second kappa shape index (κ2) is 4.97. The summed E-state index contributed by atoms with van der Waals surface area (Å²) in [6.45, 7) is 0.295. The molecule has 2 aliphatic rings. The van der Waals surface area contributed by atoms with Crippen LogP contribution in [0.1, 0.15) is 44.9 Å². The lowest BCUT2D eigenvalue weighted by molar-refractivity contribution is -0.126. The number of carbonyl (C=O) groups is 1. The average molecular weight is 211 g/mol. The minimum Gasteiger partial charge on any atom is -0.396 e. The van der Waals surface area contributed by atoms with Gasteiger partial charge in [0.1, 0.15) is 0 Å². The molecule has 0 aromatic heterocycles. The van der Waals surface area contributed by atoms with Crippen molar-refractivity contribution in [1.82, 2.24) is 5.32 Å². The maximum Gasteiger partial charge on any atom is 0.223 e. The van der Waals surface area contributed by atoms with Gasteiger partial charge in [-0.3, -0.25) is 4.79 Å². The fraction of sp³-hybridized carbons (Fsp3) is 0.917. The average Bonchev–Trinajstić information content (AvgIpc) is 3.03. The van der Waals surface area contributed by atoms with E-state index in [1.165, 1.54) is 12.8 Å². The molecule has 2 rings (SSSR count). The molecule has 0 heterocycles. The van der Waals surface area contributed by atoms with Crippen LogP contribution in [0.5, 0.6) is 0 Å². The van der Waals surface area contributed by atoms with Crippen LogP contribution >= 0.6 is 0 Å². The zero-order chi connectivity index (χ0) is 10.7. The van der Waals surface area contributed by atoms with E-state index in [1.54, 1.807) is 0 Å². The van der Waals surface area contributed by atoms with E-state index >= 15 is 0 Å². The highest BCUT2D eigenvalue weighted by Gasteiger charge is 2.30. The Kier molecular flexibility index (Phi) is 3.62. The molecule has 3 nitrogen and oxygen atoms in total. The SMILES string of the molecule is O=C(NC1CC1)C1CCC(CCO)CC1. The fourth-order valence-electron chi connectivity index (χ4n) is 2.44. The second-order valence-corrected chi connectivity index (χ2v) is 5.01. The number of hydrogen-bond acceptors (Lipinski definition) is 2. The quantitative estimate of drug-likeness (QED) is 0.739. The predicted molar refractivity (Wildman–Crippen MR) is 58.3 cm³/mol. The van der Waals surface area contributed by atoms with Crippen molar-refractivity contribution < 1.29 is 9.90 Å². The molecule has 0 aromatic rings. The highest BCUT2D eigenvalue weighted by Crippen LogP contribution is 2.31. The summed E-state index contributed by atoms with van der Waals surface area (Å²) in [6, 6.07) is 0.493. The molecule has 0 atom stereocenters. The molecule has 0 saturated heterocycles. The van der Waals surface area contributed by atoms with Crippen LogP contribution in [0.2, 0.25) is 0 Å². The molecule has 0 aliphatic heterocycles. The second-order valence-electron chi connectivity index (χ2n) is 5.01. The van der Waals surface area contributed by atoms with Crippen LogP contribution in [-0.4, -0.2) is 23.7 Å². The number of nitrogens with one attached hydrogen (secondary N) is 1. The molecule has 2 saturated carbocycles. The van der Waals surface area contributed by atoms with Crippen molar-refractivity contribution in [3.8, 4) is 0 Å². The van der Waals surface area contributed by atoms with Gasteiger partial charge in [0.25, 0.3) is 0 Å². The van der Waals surface area contributed by atoms with Crippen molar-refractivity contribution in [2.75, 3.05) is 6.61 Å². The molecule has 0 aromatic carbocycles. The molecule has 1 amide bonds. The van der Waals surface area contributed by atoms with Crippen molar-refractivity contribution in [3.05, 3.63) is 0 Å². The fourth-order valence-corrected chi connectivity index (χ4v) is 2.44. The Labute approximate surface area is 91.2 Å². The summed E-state index contributed by atoms with van der Waals surface area (Å²) in [7, 11) is 0. The van der Waals surface area contributed by atoms with Gasteiger partial charge in [0.2, 0.25) is 5.91 Å². The Morgan fingerprint density at radius 2 is 1.80 bits per heavy atom. The van der Waals surface area contributed by atoms with Crippen molar-refractivity contribution in [2.24, 2.45) is 11.8 Å². The molecule has 0 bridgehead atoms. The number of aliphatic hydroxyl groups excluding tert-OH is 1. The lowest BCUT2D eigenvalue weighted by atomic mass is 9.80. The molecule has 0 spiro atoms. The first kappa shape index (κ1) is 10.9. The first-order valence-corrected chi connectivity index (χ1v) is 6.21. The van der Waals surface area contributed by atoms with E-state index in [2.05, 4.69) is 5.32 Å². The lowest BCUT2D eigenvalue weighted by Gasteiger charge is -2.27. The van der Waals surface area contributed by atoms with Gasteiger partial charge >= 0.3 is 0 Å². The Balaban J connectivity index is 1.69. The number of aliphatic hydroxyl groups is 1. The highest BCUT2D eigenvalue weighted by atomic mass is 16.3. The van der Waals surface area contributed by atoms with Crippen molar-refractivity contribution in [3.63, 3.8) is 0 Å². The summed E-state index contributed by atoms with van der Waals surface area (Å²) < 4.78 is 0. The van der Waals surface area contributed by atoms with E-state index < -0.39 is 0 Å². The summed E-state index contributed by atoms with van der Waals surface area (Å²) in [6.07, 6.45) is 7.52. The van der Waals surface area contributed by atoms with Gasteiger partial charge < -0.3 is 10.4 Å². The van der Waals surface area contributed by atoms with E-state index in [4.69, 9.17) is 5.11 Å². The summed E-state index contributed by atoms with van der Waals surface area (Å²) >= 11 is 0. The van der Waals surface area contributed by atoms with Crippen LogP contribution in [0.15, 0.2) is 0 Å². The summed E-state index contributed by atoms with van der Waals surface area (Å²) in [5.41, 5.74) is 0. The Morgan fingerprint density at radius 1 is 1.13 bits per heavy atom. The summed E-state index contributed by atoms with van der Waals surface area (Å²) in [5, 5.41) is 11.9. The predicted octanol–water partition coefficient (Wildman–Crippen LogP) is 1.45. The summed E-state index contributed by atoms with van der Waals surface area (Å²) in [5.74, 6) is 1.18. The normalized spacial score (nSPS) is 31.3. The molecule has 3 heteroatoms. The topological polar surface area (TPSA) is 49.3 Å². The van der Waals surface area contributed by atoms with Crippen molar-refractivity contribution in [1.29, 1.82) is 0 Å². The minimum absolute atomic E-state index is 0.251. The Hall–Kier alpha value is -0.570. The van der Waals surface area contributed by atoms with E-state index in [0.717, 1.165) is 32.1 Å². The smallest absolute Gasteiger partial charge is 0.223 e. The minimum atomic E-state index is 0.251. The van der Waals surface area contributed by atoms with Crippen LogP contribution in [0, 0.1) is 11.8 Å². The highest BCUT2D eigenvalue weighted by molar-refractivity contribution is 5.79. The largest absolute Gasteiger partial charge is 0.396 e. The third-order valence-electron chi connectivity index (χ3n) is 3.68. The van der Waals surface area contributed by atoms with Gasteiger partial charge in [-0.1, -0.05) is 0 Å². The number of carbonyl (C=O) groups excluding carboxylic acids is 1. The van der Waals surface area contributed by atoms with Gasteiger partial charge in [-0.2, -0.15) is 0 Å². The number of hydrogen-bond donors (Lipinski definition) is 2. The lowest BCUT2D eigenvalue weighted by Crippen LogP contribution is -2.34. The molecule has 86 valence electrons. The number of amides is 1. The maximum atomic E-state index is 11.8. The van der Waals surface area contributed by atoms with Crippen LogP contribution in [0.25, 0.3) is 0 Å². The van der Waals surface area contributed by atoms with Crippen LogP contribution in [0.4, 0.5) is 0 Å². The van der Waals surface area contributed by atoms with Crippen LogP contribution in [0.3, 0.4) is 0 Å². The van der Waals surface area contributed by atoms with Gasteiger partial charge in [0, 0.05) is 18.6 Å². The molecule has 2 N–H and O–H groups in total. The summed E-state index contributed by atoms with van der Waals surface area (Å²) in [4.78, 5) is 11.8. The monoisotopic (exact) mass is 211 g/mol. The van der Waals surface area contributed by atoms with E-state index in [-0.39, 0.29) is 11.8 Å². The number of rotatable bonds is 4. The molecule has 0 unspecified atom stereocenters. The molecule has 2 aliphatic carbocycles. The van der Waals surface area contributed by atoms with Crippen molar-refractivity contribution >= 4 is 5.91 Å². The van der Waals surface area contributed by atoms with Gasteiger partial charge in [0.05, 0.1) is 0 Å². The van der Waals surface area contributed by atoms with Crippen LogP contribution < -0.4 is 5.32 Å². The maximum absolute atomic E-state index is 11.8. The molecule has 2 fully saturated rings. The van der Waals surface area contributed by atoms with E-state index in [1.807, 2.05) is 0 Å². The zero-order valence-corrected chi connectivity index (χ0v) is 9.24. The molecular weight excluding hydrogens is 190 g/mol. The van der Waals surface area contributed by atoms with Crippen LogP contribution in [-0.2, 0) is 4.79 Å². The Morgan fingerprint density at radius 3 is 2.33 bits per heavy atom. The first-order valence-electron chi connectivity index (χ1n) is 6.21. The first-order chi connectivity index (χ1) is 7.29.